The minimum Gasteiger partial charge on any atom is -0.383 e. The number of fused-ring (bicyclic) bond motifs is 1. The van der Waals surface area contributed by atoms with Gasteiger partial charge < -0.3 is 10.7 Å². The van der Waals surface area contributed by atoms with E-state index in [1.165, 1.54) is 17.3 Å². The summed E-state index contributed by atoms with van der Waals surface area (Å²) >= 11 is 1.43. The van der Waals surface area contributed by atoms with Gasteiger partial charge in [0.15, 0.2) is 5.16 Å². The van der Waals surface area contributed by atoms with Crippen LogP contribution in [0.15, 0.2) is 34.4 Å². The summed E-state index contributed by atoms with van der Waals surface area (Å²) < 4.78 is 0. The van der Waals surface area contributed by atoms with Gasteiger partial charge in [-0.05, 0) is 43.7 Å². The number of anilines is 1. The molecule has 0 saturated carbocycles. The SMILES string of the molecule is CN=C(Sc1nc(N)c2c(C)c(C)[nH]c2n1)c1ccccc1C. The number of thioether (sulfide) groups is 1. The van der Waals surface area contributed by atoms with Gasteiger partial charge in [-0.1, -0.05) is 24.3 Å². The molecule has 23 heavy (non-hydrogen) atoms. The topological polar surface area (TPSA) is 80.0 Å². The van der Waals surface area contributed by atoms with Crippen LogP contribution in [0.4, 0.5) is 5.82 Å². The second kappa shape index (κ2) is 6.04. The van der Waals surface area contributed by atoms with Crippen molar-refractivity contribution in [1.82, 2.24) is 15.0 Å². The number of aryl methyl sites for hydroxylation is 3. The van der Waals surface area contributed by atoms with Crippen LogP contribution in [-0.4, -0.2) is 27.0 Å². The zero-order chi connectivity index (χ0) is 16.6. The molecule has 0 unspecified atom stereocenters. The number of hydrogen-bond acceptors (Lipinski definition) is 5. The van der Waals surface area contributed by atoms with Crippen molar-refractivity contribution in [2.24, 2.45) is 4.99 Å². The molecule has 0 aliphatic heterocycles. The molecule has 2 aromatic heterocycles. The number of aromatic nitrogens is 3. The van der Waals surface area contributed by atoms with E-state index in [2.05, 4.69) is 39.0 Å². The van der Waals surface area contributed by atoms with Gasteiger partial charge in [-0.3, -0.25) is 4.99 Å². The Morgan fingerprint density at radius 2 is 1.91 bits per heavy atom. The van der Waals surface area contributed by atoms with Crippen molar-refractivity contribution in [1.29, 1.82) is 0 Å². The second-order valence-electron chi connectivity index (χ2n) is 5.44. The van der Waals surface area contributed by atoms with Crippen LogP contribution in [0.2, 0.25) is 0 Å². The zero-order valence-electron chi connectivity index (χ0n) is 13.6. The van der Waals surface area contributed by atoms with E-state index in [4.69, 9.17) is 5.73 Å². The summed E-state index contributed by atoms with van der Waals surface area (Å²) in [7, 11) is 1.78. The van der Waals surface area contributed by atoms with E-state index < -0.39 is 0 Å². The smallest absolute Gasteiger partial charge is 0.197 e. The third kappa shape index (κ3) is 2.82. The Hall–Kier alpha value is -2.34. The quantitative estimate of drug-likeness (QED) is 0.326. The van der Waals surface area contributed by atoms with E-state index in [1.807, 2.05) is 26.0 Å². The first kappa shape index (κ1) is 15.6. The van der Waals surface area contributed by atoms with Gasteiger partial charge in [0.2, 0.25) is 0 Å². The number of nitrogens with one attached hydrogen (secondary N) is 1. The Labute approximate surface area is 139 Å². The maximum atomic E-state index is 6.13. The second-order valence-corrected chi connectivity index (χ2v) is 6.39. The maximum absolute atomic E-state index is 6.13. The van der Waals surface area contributed by atoms with Crippen LogP contribution in [0.1, 0.15) is 22.4 Å². The molecule has 2 heterocycles. The number of H-pyrrole nitrogens is 1. The average molecular weight is 325 g/mol. The lowest BCUT2D eigenvalue weighted by Gasteiger charge is -2.08. The summed E-state index contributed by atoms with van der Waals surface area (Å²) in [5, 5.41) is 2.37. The minimum absolute atomic E-state index is 0.500. The Kier molecular flexibility index (Phi) is 4.09. The molecule has 3 rings (SSSR count). The normalized spacial score (nSPS) is 12.1. The van der Waals surface area contributed by atoms with Gasteiger partial charge in [0.05, 0.1) is 5.39 Å². The summed E-state index contributed by atoms with van der Waals surface area (Å²) in [5.41, 5.74) is 11.3. The number of nitrogen functional groups attached to an aromatic ring is 1. The summed E-state index contributed by atoms with van der Waals surface area (Å²) in [4.78, 5) is 16.7. The molecule has 0 atom stereocenters. The molecule has 1 aromatic carbocycles. The van der Waals surface area contributed by atoms with Crippen LogP contribution in [-0.2, 0) is 0 Å². The molecular weight excluding hydrogens is 306 g/mol. The Bertz CT molecular complexity index is 911. The van der Waals surface area contributed by atoms with E-state index in [0.29, 0.717) is 11.0 Å². The maximum Gasteiger partial charge on any atom is 0.197 e. The van der Waals surface area contributed by atoms with E-state index >= 15 is 0 Å². The summed E-state index contributed by atoms with van der Waals surface area (Å²) in [5.74, 6) is 0.500. The highest BCUT2D eigenvalue weighted by Crippen LogP contribution is 2.29. The van der Waals surface area contributed by atoms with Crippen LogP contribution < -0.4 is 5.73 Å². The molecule has 3 aromatic rings. The highest BCUT2D eigenvalue weighted by Gasteiger charge is 2.15. The first-order valence-corrected chi connectivity index (χ1v) is 8.16. The fourth-order valence-corrected chi connectivity index (χ4v) is 3.43. The largest absolute Gasteiger partial charge is 0.383 e. The molecule has 0 spiro atoms. The first-order chi connectivity index (χ1) is 11.0. The van der Waals surface area contributed by atoms with E-state index in [-0.39, 0.29) is 0 Å². The summed E-state index contributed by atoms with van der Waals surface area (Å²) in [6.45, 7) is 6.10. The fourth-order valence-electron chi connectivity index (χ4n) is 2.54. The standard InChI is InChI=1S/C17H19N5S/c1-9-7-5-6-8-12(9)16(19-4)23-17-21-14(18)13-10(2)11(3)20-15(13)22-17/h5-8H,1-4H3,(H3,18,20,21,22). The number of aliphatic imine (C=N–C) groups is 1. The number of rotatable bonds is 2. The molecule has 0 radical (unpaired) electrons. The van der Waals surface area contributed by atoms with Gasteiger partial charge in [-0.2, -0.15) is 0 Å². The fraction of sp³-hybridized carbons (Fsp3) is 0.235. The molecule has 0 fully saturated rings. The lowest BCUT2D eigenvalue weighted by Crippen LogP contribution is -2.02. The number of hydrogen-bond donors (Lipinski definition) is 2. The molecule has 5 nitrogen and oxygen atoms in total. The van der Waals surface area contributed by atoms with Gasteiger partial charge in [-0.15, -0.1) is 0 Å². The van der Waals surface area contributed by atoms with Crippen LogP contribution in [0.5, 0.6) is 0 Å². The third-order valence-corrected chi connectivity index (χ3v) is 4.89. The van der Waals surface area contributed by atoms with Crippen LogP contribution in [0.25, 0.3) is 11.0 Å². The molecule has 118 valence electrons. The Balaban J connectivity index is 2.02. The van der Waals surface area contributed by atoms with Crippen LogP contribution in [0, 0.1) is 20.8 Å². The molecule has 0 saturated heterocycles. The van der Waals surface area contributed by atoms with Crippen LogP contribution >= 0.6 is 11.8 Å². The molecular formula is C17H19N5S. The van der Waals surface area contributed by atoms with Crippen molar-refractivity contribution >= 4 is 33.7 Å². The lowest BCUT2D eigenvalue weighted by molar-refractivity contribution is 1.01. The van der Waals surface area contributed by atoms with E-state index in [0.717, 1.165) is 32.9 Å². The molecule has 0 amide bonds. The average Bonchev–Trinajstić information content (AvgIpc) is 2.81. The van der Waals surface area contributed by atoms with Crippen molar-refractivity contribution in [3.8, 4) is 0 Å². The number of nitrogens with zero attached hydrogens (tertiary/aromatic N) is 3. The van der Waals surface area contributed by atoms with E-state index in [9.17, 15) is 0 Å². The number of aromatic amines is 1. The van der Waals surface area contributed by atoms with Gasteiger partial charge in [0, 0.05) is 18.3 Å². The van der Waals surface area contributed by atoms with Crippen molar-refractivity contribution in [3.63, 3.8) is 0 Å². The van der Waals surface area contributed by atoms with Crippen molar-refractivity contribution < 1.29 is 0 Å². The molecule has 0 bridgehead atoms. The molecule has 0 aliphatic rings. The van der Waals surface area contributed by atoms with Crippen molar-refractivity contribution in [3.05, 3.63) is 46.6 Å². The lowest BCUT2D eigenvalue weighted by atomic mass is 10.1. The van der Waals surface area contributed by atoms with Gasteiger partial charge in [-0.25, -0.2) is 9.97 Å². The summed E-state index contributed by atoms with van der Waals surface area (Å²) in [6.07, 6.45) is 0. The van der Waals surface area contributed by atoms with Gasteiger partial charge in [0.1, 0.15) is 16.5 Å². The van der Waals surface area contributed by atoms with Crippen molar-refractivity contribution in [2.75, 3.05) is 12.8 Å². The Morgan fingerprint density at radius 1 is 1.17 bits per heavy atom. The third-order valence-electron chi connectivity index (χ3n) is 3.93. The number of benzene rings is 1. The van der Waals surface area contributed by atoms with Gasteiger partial charge in [0.25, 0.3) is 0 Å². The molecule has 0 aliphatic carbocycles. The summed E-state index contributed by atoms with van der Waals surface area (Å²) in [6, 6.07) is 8.14. The zero-order valence-corrected chi connectivity index (χ0v) is 14.5. The Morgan fingerprint density at radius 3 is 2.61 bits per heavy atom. The first-order valence-electron chi connectivity index (χ1n) is 7.34. The predicted octanol–water partition coefficient (Wildman–Crippen LogP) is 3.63. The van der Waals surface area contributed by atoms with Crippen LogP contribution in [0.3, 0.4) is 0 Å². The van der Waals surface area contributed by atoms with Gasteiger partial charge >= 0.3 is 0 Å². The predicted molar refractivity (Wildman–Crippen MR) is 97.3 cm³/mol. The monoisotopic (exact) mass is 325 g/mol. The highest BCUT2D eigenvalue weighted by atomic mass is 32.2. The van der Waals surface area contributed by atoms with E-state index in [1.54, 1.807) is 7.05 Å². The molecule has 3 N–H and O–H groups in total. The van der Waals surface area contributed by atoms with Crippen molar-refractivity contribution in [2.45, 2.75) is 25.9 Å². The molecule has 6 heteroatoms. The minimum atomic E-state index is 0.500. The highest BCUT2D eigenvalue weighted by molar-refractivity contribution is 8.14. The number of nitrogens with two attached hydrogens (primary N) is 1.